The number of hydrogen-bond acceptors (Lipinski definition) is 3. The van der Waals surface area contributed by atoms with Crippen molar-refractivity contribution in [1.82, 2.24) is 0 Å². The fourth-order valence-corrected chi connectivity index (χ4v) is 4.12. The molecule has 25 heavy (non-hydrogen) atoms. The summed E-state index contributed by atoms with van der Waals surface area (Å²) in [4.78, 5) is 24.5. The average molecular weight is 337 g/mol. The van der Waals surface area contributed by atoms with Crippen molar-refractivity contribution in [3.8, 4) is 11.3 Å². The first kappa shape index (κ1) is 15.7. The smallest absolute Gasteiger partial charge is 0.307 e. The van der Waals surface area contributed by atoms with Gasteiger partial charge in [-0.15, -0.1) is 0 Å². The number of para-hydroxylation sites is 1. The van der Waals surface area contributed by atoms with E-state index in [1.54, 1.807) is 0 Å². The van der Waals surface area contributed by atoms with Gasteiger partial charge in [0.15, 0.2) is 0 Å². The van der Waals surface area contributed by atoms with E-state index < -0.39 is 17.8 Å². The molecule has 1 amide bonds. The van der Waals surface area contributed by atoms with Gasteiger partial charge in [-0.3, -0.25) is 9.59 Å². The van der Waals surface area contributed by atoms with Crippen molar-refractivity contribution in [3.05, 3.63) is 54.3 Å². The average Bonchev–Trinajstić information content (AvgIpc) is 3.30. The molecule has 0 saturated heterocycles. The molecule has 1 aromatic carbocycles. The lowest BCUT2D eigenvalue weighted by atomic mass is 9.82. The maximum Gasteiger partial charge on any atom is 0.307 e. The van der Waals surface area contributed by atoms with Crippen molar-refractivity contribution in [2.75, 3.05) is 5.32 Å². The van der Waals surface area contributed by atoms with Crippen molar-refractivity contribution in [2.24, 2.45) is 23.7 Å². The molecule has 2 aliphatic rings. The molecule has 0 unspecified atom stereocenters. The summed E-state index contributed by atoms with van der Waals surface area (Å²) >= 11 is 0. The summed E-state index contributed by atoms with van der Waals surface area (Å²) < 4.78 is 5.67. The number of rotatable bonds is 4. The number of furan rings is 1. The summed E-state index contributed by atoms with van der Waals surface area (Å²) in [6, 6.07) is 11.1. The molecule has 2 bridgehead atoms. The summed E-state index contributed by atoms with van der Waals surface area (Å²) in [7, 11) is 0. The van der Waals surface area contributed by atoms with E-state index in [0.29, 0.717) is 11.4 Å². The molecule has 1 heterocycles. The maximum atomic E-state index is 12.9. The molecule has 1 fully saturated rings. The molecule has 5 heteroatoms. The molecule has 1 saturated carbocycles. The zero-order chi connectivity index (χ0) is 17.6. The molecule has 2 aliphatic carbocycles. The molecule has 128 valence electrons. The molecule has 4 rings (SSSR count). The van der Waals surface area contributed by atoms with Crippen LogP contribution >= 0.6 is 0 Å². The minimum Gasteiger partial charge on any atom is -0.481 e. The van der Waals surface area contributed by atoms with E-state index >= 15 is 0 Å². The van der Waals surface area contributed by atoms with Crippen LogP contribution in [0.1, 0.15) is 12.2 Å². The Kier molecular flexibility index (Phi) is 3.71. The van der Waals surface area contributed by atoms with Crippen molar-refractivity contribution in [2.45, 2.75) is 13.3 Å². The maximum absolute atomic E-state index is 12.9. The Morgan fingerprint density at radius 2 is 1.80 bits per heavy atom. The number of hydrogen-bond donors (Lipinski definition) is 2. The molecule has 2 N–H and O–H groups in total. The Hall–Kier alpha value is -2.82. The second-order valence-corrected chi connectivity index (χ2v) is 6.78. The van der Waals surface area contributed by atoms with Crippen molar-refractivity contribution in [3.63, 3.8) is 0 Å². The highest BCUT2D eigenvalue weighted by Crippen LogP contribution is 2.48. The highest BCUT2D eigenvalue weighted by molar-refractivity contribution is 5.99. The third-order valence-corrected chi connectivity index (χ3v) is 5.24. The Morgan fingerprint density at radius 1 is 1.08 bits per heavy atom. The number of carboxylic acids is 1. The van der Waals surface area contributed by atoms with Crippen LogP contribution in [0.15, 0.2) is 53.0 Å². The van der Waals surface area contributed by atoms with Gasteiger partial charge >= 0.3 is 5.97 Å². The molecule has 5 nitrogen and oxygen atoms in total. The van der Waals surface area contributed by atoms with Gasteiger partial charge in [0.2, 0.25) is 5.91 Å². The number of carbonyl (C=O) groups is 2. The van der Waals surface area contributed by atoms with E-state index in [0.717, 1.165) is 17.7 Å². The minimum absolute atomic E-state index is 0.00381. The SMILES string of the molecule is Cc1ccc(-c2ccccc2NC(=O)[C@H]2[C@@H](C(=O)O)[C@H]3C=C[C@H]2C3)o1. The second kappa shape index (κ2) is 5.92. The molecule has 0 aliphatic heterocycles. The van der Waals surface area contributed by atoms with Gasteiger partial charge < -0.3 is 14.8 Å². The van der Waals surface area contributed by atoms with E-state index in [4.69, 9.17) is 4.42 Å². The largest absolute Gasteiger partial charge is 0.481 e. The summed E-state index contributed by atoms with van der Waals surface area (Å²) in [5.41, 5.74) is 1.42. The lowest BCUT2D eigenvalue weighted by Crippen LogP contribution is -2.36. The van der Waals surface area contributed by atoms with Crippen LogP contribution < -0.4 is 5.32 Å². The van der Waals surface area contributed by atoms with E-state index in [-0.39, 0.29) is 17.7 Å². The van der Waals surface area contributed by atoms with Crippen molar-refractivity contribution in [1.29, 1.82) is 0 Å². The number of allylic oxidation sites excluding steroid dienone is 2. The van der Waals surface area contributed by atoms with Crippen LogP contribution in [0.3, 0.4) is 0 Å². The first-order chi connectivity index (χ1) is 12.0. The zero-order valence-electron chi connectivity index (χ0n) is 13.8. The van der Waals surface area contributed by atoms with Crippen LogP contribution in [0.2, 0.25) is 0 Å². The predicted molar refractivity (Wildman–Crippen MR) is 92.9 cm³/mol. The van der Waals surface area contributed by atoms with E-state index in [2.05, 4.69) is 5.32 Å². The van der Waals surface area contributed by atoms with Crippen LogP contribution in [0, 0.1) is 30.6 Å². The first-order valence-corrected chi connectivity index (χ1v) is 8.42. The van der Waals surface area contributed by atoms with Crippen LogP contribution in [0.5, 0.6) is 0 Å². The Labute approximate surface area is 145 Å². The number of aliphatic carboxylic acids is 1. The molecule has 0 spiro atoms. The number of nitrogens with one attached hydrogen (secondary N) is 1. The van der Waals surface area contributed by atoms with Gasteiger partial charge in [0.05, 0.1) is 17.5 Å². The summed E-state index contributed by atoms with van der Waals surface area (Å²) in [5, 5.41) is 12.5. The molecule has 1 aromatic heterocycles. The first-order valence-electron chi connectivity index (χ1n) is 8.42. The number of fused-ring (bicyclic) bond motifs is 2. The van der Waals surface area contributed by atoms with Crippen LogP contribution in [0.4, 0.5) is 5.69 Å². The van der Waals surface area contributed by atoms with Gasteiger partial charge in [-0.1, -0.05) is 24.3 Å². The topological polar surface area (TPSA) is 79.5 Å². The van der Waals surface area contributed by atoms with Crippen molar-refractivity contribution >= 4 is 17.6 Å². The number of aryl methyl sites for hydroxylation is 1. The lowest BCUT2D eigenvalue weighted by Gasteiger charge is -2.24. The molecular weight excluding hydrogens is 318 g/mol. The Balaban J connectivity index is 1.62. The van der Waals surface area contributed by atoms with Crippen LogP contribution in [-0.2, 0) is 9.59 Å². The van der Waals surface area contributed by atoms with E-state index in [1.165, 1.54) is 0 Å². The zero-order valence-corrected chi connectivity index (χ0v) is 13.8. The summed E-state index contributed by atoms with van der Waals surface area (Å²) in [6.45, 7) is 1.86. The molecule has 4 atom stereocenters. The highest BCUT2D eigenvalue weighted by atomic mass is 16.4. The van der Waals surface area contributed by atoms with Gasteiger partial charge in [0.25, 0.3) is 0 Å². The predicted octanol–water partition coefficient (Wildman–Crippen LogP) is 3.72. The van der Waals surface area contributed by atoms with E-state index in [1.807, 2.05) is 55.5 Å². The number of anilines is 1. The van der Waals surface area contributed by atoms with Crippen LogP contribution in [-0.4, -0.2) is 17.0 Å². The van der Waals surface area contributed by atoms with Gasteiger partial charge in [0, 0.05) is 5.56 Å². The fourth-order valence-electron chi connectivity index (χ4n) is 4.12. The fraction of sp³-hybridized carbons (Fsp3) is 0.300. The quantitative estimate of drug-likeness (QED) is 0.834. The second-order valence-electron chi connectivity index (χ2n) is 6.78. The van der Waals surface area contributed by atoms with Crippen LogP contribution in [0.25, 0.3) is 11.3 Å². The van der Waals surface area contributed by atoms with Gasteiger partial charge in [0.1, 0.15) is 11.5 Å². The lowest BCUT2D eigenvalue weighted by molar-refractivity contribution is -0.146. The number of carboxylic acid groups (broad SMARTS) is 1. The molecule has 0 radical (unpaired) electrons. The van der Waals surface area contributed by atoms with E-state index in [9.17, 15) is 14.7 Å². The Morgan fingerprint density at radius 3 is 2.48 bits per heavy atom. The minimum atomic E-state index is -0.896. The van der Waals surface area contributed by atoms with Gasteiger partial charge in [-0.25, -0.2) is 0 Å². The number of amides is 1. The summed E-state index contributed by atoms with van der Waals surface area (Å²) in [5.74, 6) is -0.875. The van der Waals surface area contributed by atoms with Crippen molar-refractivity contribution < 1.29 is 19.1 Å². The third-order valence-electron chi connectivity index (χ3n) is 5.24. The normalized spacial score (nSPS) is 26.8. The number of benzene rings is 1. The molecule has 2 aromatic rings. The Bertz CT molecular complexity index is 866. The molecular formula is C20H19NO4. The van der Waals surface area contributed by atoms with Gasteiger partial charge in [-0.05, 0) is 49.4 Å². The third kappa shape index (κ3) is 2.65. The van der Waals surface area contributed by atoms with Gasteiger partial charge in [-0.2, -0.15) is 0 Å². The number of carbonyl (C=O) groups excluding carboxylic acids is 1. The monoisotopic (exact) mass is 337 g/mol. The standard InChI is InChI=1S/C20H19NO4/c1-11-6-9-16(25-11)14-4-2-3-5-15(14)21-19(22)17-12-7-8-13(10-12)18(17)20(23)24/h2-9,12-13,17-18H,10H2,1H3,(H,21,22)(H,23,24)/t12-,13-,17+,18-/m0/s1. The highest BCUT2D eigenvalue weighted by Gasteiger charge is 2.51. The summed E-state index contributed by atoms with van der Waals surface area (Å²) in [6.07, 6.45) is 4.66.